The molecule has 0 aliphatic carbocycles. The van der Waals surface area contributed by atoms with E-state index in [0.717, 1.165) is 16.7 Å². The van der Waals surface area contributed by atoms with E-state index in [0.29, 0.717) is 5.75 Å². The van der Waals surface area contributed by atoms with Crippen molar-refractivity contribution in [2.24, 2.45) is 0 Å². The maximum absolute atomic E-state index is 10.9. The molecule has 1 N–H and O–H groups in total. The predicted octanol–water partition coefficient (Wildman–Crippen LogP) is 1.35. The number of methoxy groups -OCH3 is 1. The summed E-state index contributed by atoms with van der Waals surface area (Å²) in [6.07, 6.45) is 0. The van der Waals surface area contributed by atoms with E-state index in [1.165, 1.54) is 7.11 Å². The smallest absolute Gasteiger partial charge is 0.343 e. The fraction of sp³-hybridized carbons (Fsp3) is 0.417. The molecule has 0 saturated heterocycles. The molecule has 0 bridgehead atoms. The lowest BCUT2D eigenvalue weighted by molar-refractivity contribution is -0.142. The molecule has 0 atom stereocenters. The van der Waals surface area contributed by atoms with Gasteiger partial charge in [-0.25, -0.2) is 4.79 Å². The molecule has 0 aliphatic heterocycles. The molecule has 0 aromatic heterocycles. The number of aryl methyl sites for hydroxylation is 2. The number of hydrogen-bond acceptors (Lipinski definition) is 4. The van der Waals surface area contributed by atoms with Crippen molar-refractivity contribution in [2.45, 2.75) is 20.5 Å². The quantitative estimate of drug-likeness (QED) is 0.784. The zero-order valence-corrected chi connectivity index (χ0v) is 9.74. The van der Waals surface area contributed by atoms with Crippen LogP contribution in [0.25, 0.3) is 0 Å². The lowest BCUT2D eigenvalue weighted by Crippen LogP contribution is -2.12. The predicted molar refractivity (Wildman–Crippen MR) is 59.3 cm³/mol. The average Bonchev–Trinajstić information content (AvgIpc) is 2.25. The van der Waals surface area contributed by atoms with Gasteiger partial charge in [-0.1, -0.05) is 0 Å². The minimum Gasteiger partial charge on any atom is -0.482 e. The van der Waals surface area contributed by atoms with Gasteiger partial charge in [-0.3, -0.25) is 0 Å². The number of aliphatic hydroxyl groups excluding tert-OH is 1. The van der Waals surface area contributed by atoms with Crippen molar-refractivity contribution in [3.63, 3.8) is 0 Å². The summed E-state index contributed by atoms with van der Waals surface area (Å²) >= 11 is 0. The van der Waals surface area contributed by atoms with Crippen LogP contribution in [0, 0.1) is 13.8 Å². The van der Waals surface area contributed by atoms with Gasteiger partial charge in [0.15, 0.2) is 6.61 Å². The van der Waals surface area contributed by atoms with Crippen LogP contribution in [-0.4, -0.2) is 24.8 Å². The van der Waals surface area contributed by atoms with Gasteiger partial charge in [0, 0.05) is 0 Å². The molecular formula is C12H16O4. The second-order valence-corrected chi connectivity index (χ2v) is 3.56. The molecule has 4 heteroatoms. The van der Waals surface area contributed by atoms with Gasteiger partial charge in [0.2, 0.25) is 0 Å². The minimum absolute atomic E-state index is 0.00888. The Hall–Kier alpha value is -1.55. The number of esters is 1. The van der Waals surface area contributed by atoms with Crippen LogP contribution < -0.4 is 4.74 Å². The highest BCUT2D eigenvalue weighted by molar-refractivity contribution is 5.70. The van der Waals surface area contributed by atoms with Gasteiger partial charge in [0.25, 0.3) is 0 Å². The monoisotopic (exact) mass is 224 g/mol. The van der Waals surface area contributed by atoms with Crippen LogP contribution in [0.2, 0.25) is 0 Å². The molecule has 0 aliphatic rings. The first kappa shape index (κ1) is 12.5. The fourth-order valence-electron chi connectivity index (χ4n) is 1.49. The third-order valence-corrected chi connectivity index (χ3v) is 2.41. The highest BCUT2D eigenvalue weighted by Gasteiger charge is 2.06. The number of carbonyl (C=O) groups is 1. The molecule has 4 nitrogen and oxygen atoms in total. The molecule has 1 aromatic carbocycles. The van der Waals surface area contributed by atoms with E-state index >= 15 is 0 Å². The number of rotatable bonds is 4. The molecule has 0 unspecified atom stereocenters. The number of carbonyl (C=O) groups excluding carboxylic acids is 1. The van der Waals surface area contributed by atoms with Crippen molar-refractivity contribution in [2.75, 3.05) is 13.7 Å². The highest BCUT2D eigenvalue weighted by Crippen LogP contribution is 2.21. The average molecular weight is 224 g/mol. The van der Waals surface area contributed by atoms with Crippen LogP contribution in [0.3, 0.4) is 0 Å². The summed E-state index contributed by atoms with van der Waals surface area (Å²) in [5, 5.41) is 9.13. The summed E-state index contributed by atoms with van der Waals surface area (Å²) in [7, 11) is 1.32. The zero-order valence-electron chi connectivity index (χ0n) is 9.74. The maximum Gasteiger partial charge on any atom is 0.343 e. The fourth-order valence-corrected chi connectivity index (χ4v) is 1.49. The van der Waals surface area contributed by atoms with Crippen LogP contribution >= 0.6 is 0 Å². The molecule has 1 aromatic rings. The van der Waals surface area contributed by atoms with Crippen molar-refractivity contribution in [3.8, 4) is 5.75 Å². The largest absolute Gasteiger partial charge is 0.482 e. The number of ether oxygens (including phenoxy) is 2. The SMILES string of the molecule is COC(=O)COc1cc(C)c(CO)c(C)c1. The lowest BCUT2D eigenvalue weighted by atomic mass is 10.0. The van der Waals surface area contributed by atoms with E-state index in [9.17, 15) is 4.79 Å². The van der Waals surface area contributed by atoms with Gasteiger partial charge in [-0.15, -0.1) is 0 Å². The lowest BCUT2D eigenvalue weighted by Gasteiger charge is -2.11. The van der Waals surface area contributed by atoms with Crippen LogP contribution in [0.15, 0.2) is 12.1 Å². The number of benzene rings is 1. The molecule has 0 saturated carbocycles. The van der Waals surface area contributed by atoms with Gasteiger partial charge < -0.3 is 14.6 Å². The number of hydrogen-bond donors (Lipinski definition) is 1. The highest BCUT2D eigenvalue weighted by atomic mass is 16.6. The van der Waals surface area contributed by atoms with Gasteiger partial charge in [-0.05, 0) is 42.7 Å². The summed E-state index contributed by atoms with van der Waals surface area (Å²) in [5.41, 5.74) is 2.79. The van der Waals surface area contributed by atoms with E-state index in [4.69, 9.17) is 9.84 Å². The molecule has 1 rings (SSSR count). The molecule has 0 spiro atoms. The van der Waals surface area contributed by atoms with E-state index in [-0.39, 0.29) is 13.2 Å². The second-order valence-electron chi connectivity index (χ2n) is 3.56. The Morgan fingerprint density at radius 2 is 1.88 bits per heavy atom. The molecule has 0 fully saturated rings. The Labute approximate surface area is 94.8 Å². The summed E-state index contributed by atoms with van der Waals surface area (Å²) < 4.78 is 9.74. The normalized spacial score (nSPS) is 10.0. The first-order valence-electron chi connectivity index (χ1n) is 4.99. The van der Waals surface area contributed by atoms with Crippen molar-refractivity contribution in [1.29, 1.82) is 0 Å². The van der Waals surface area contributed by atoms with Gasteiger partial charge in [0.05, 0.1) is 13.7 Å². The van der Waals surface area contributed by atoms with E-state index in [1.807, 2.05) is 13.8 Å². The van der Waals surface area contributed by atoms with E-state index in [1.54, 1.807) is 12.1 Å². The molecule has 0 amide bonds. The first-order chi connectivity index (χ1) is 7.58. The topological polar surface area (TPSA) is 55.8 Å². The van der Waals surface area contributed by atoms with Crippen molar-refractivity contribution in [1.82, 2.24) is 0 Å². The molecule has 88 valence electrons. The van der Waals surface area contributed by atoms with E-state index in [2.05, 4.69) is 4.74 Å². The zero-order chi connectivity index (χ0) is 12.1. The van der Waals surface area contributed by atoms with Gasteiger partial charge >= 0.3 is 5.97 Å². The Morgan fingerprint density at radius 3 is 2.31 bits per heavy atom. The molecule has 0 heterocycles. The number of aliphatic hydroxyl groups is 1. The van der Waals surface area contributed by atoms with E-state index < -0.39 is 5.97 Å². The Kier molecular flexibility index (Phi) is 4.31. The molecular weight excluding hydrogens is 208 g/mol. The first-order valence-corrected chi connectivity index (χ1v) is 4.99. The maximum atomic E-state index is 10.9. The van der Waals surface area contributed by atoms with Crippen LogP contribution in [0.4, 0.5) is 0 Å². The molecule has 16 heavy (non-hydrogen) atoms. The summed E-state index contributed by atoms with van der Waals surface area (Å²) in [6.45, 7) is 3.69. The van der Waals surface area contributed by atoms with Crippen molar-refractivity contribution >= 4 is 5.97 Å². The van der Waals surface area contributed by atoms with Crippen LogP contribution in [0.5, 0.6) is 5.75 Å². The Balaban J connectivity index is 2.79. The van der Waals surface area contributed by atoms with Crippen LogP contribution in [-0.2, 0) is 16.1 Å². The Morgan fingerprint density at radius 1 is 1.31 bits per heavy atom. The second kappa shape index (κ2) is 5.51. The van der Waals surface area contributed by atoms with Crippen LogP contribution in [0.1, 0.15) is 16.7 Å². The third kappa shape index (κ3) is 2.97. The summed E-state index contributed by atoms with van der Waals surface area (Å²) in [6, 6.07) is 3.59. The summed E-state index contributed by atoms with van der Waals surface area (Å²) in [5.74, 6) is 0.194. The molecule has 0 radical (unpaired) electrons. The van der Waals surface area contributed by atoms with Gasteiger partial charge in [0.1, 0.15) is 5.75 Å². The standard InChI is InChI=1S/C12H16O4/c1-8-4-10(16-7-12(14)15-3)5-9(2)11(8)6-13/h4-5,13H,6-7H2,1-3H3. The summed E-state index contributed by atoms with van der Waals surface area (Å²) in [4.78, 5) is 10.9. The van der Waals surface area contributed by atoms with Gasteiger partial charge in [-0.2, -0.15) is 0 Å². The third-order valence-electron chi connectivity index (χ3n) is 2.41. The minimum atomic E-state index is -0.415. The van der Waals surface area contributed by atoms with Crippen molar-refractivity contribution < 1.29 is 19.4 Å². The Bertz CT molecular complexity index is 362. The van der Waals surface area contributed by atoms with Crippen molar-refractivity contribution in [3.05, 3.63) is 28.8 Å².